The molecule has 1 aliphatic heterocycles. The number of nitrogens with two attached hydrogens (primary N) is 1. The summed E-state index contributed by atoms with van der Waals surface area (Å²) in [5.74, 6) is 6.93. The second kappa shape index (κ2) is 10.3. The molecule has 5 rings (SSSR count). The molecule has 1 aromatic carbocycles. The highest BCUT2D eigenvalue weighted by molar-refractivity contribution is 6.07. The molecular formula is C27H32N6O3. The highest BCUT2D eigenvalue weighted by atomic mass is 16.3. The first-order valence-corrected chi connectivity index (χ1v) is 12.6. The van der Waals surface area contributed by atoms with Gasteiger partial charge in [0, 0.05) is 56.1 Å². The number of hydrogen-bond acceptors (Lipinski definition) is 7. The van der Waals surface area contributed by atoms with Gasteiger partial charge in [-0.25, -0.2) is 4.98 Å². The van der Waals surface area contributed by atoms with Crippen molar-refractivity contribution in [2.45, 2.75) is 37.7 Å². The Hall–Kier alpha value is -3.45. The van der Waals surface area contributed by atoms with Gasteiger partial charge < -0.3 is 25.4 Å². The summed E-state index contributed by atoms with van der Waals surface area (Å²) in [6, 6.07) is 7.50. The molecule has 9 nitrogen and oxygen atoms in total. The topological polar surface area (TPSA) is 121 Å². The number of nitrogen functional groups attached to an aromatic ring is 1. The lowest BCUT2D eigenvalue weighted by molar-refractivity contribution is 0.0607. The molecule has 1 amide bonds. The van der Waals surface area contributed by atoms with E-state index in [0.717, 1.165) is 48.8 Å². The summed E-state index contributed by atoms with van der Waals surface area (Å²) in [4.78, 5) is 25.9. The van der Waals surface area contributed by atoms with E-state index in [1.165, 1.54) is 0 Å². The zero-order valence-corrected chi connectivity index (χ0v) is 20.4. The highest BCUT2D eigenvalue weighted by Crippen LogP contribution is 2.29. The molecule has 36 heavy (non-hydrogen) atoms. The van der Waals surface area contributed by atoms with Crippen LogP contribution in [-0.4, -0.2) is 85.4 Å². The molecule has 0 unspecified atom stereocenters. The SMILES string of the molecule is Nc1nccc(-n2cc(C(=O)N3CCN(CCO)CC3)c3ccc(C#CC4(O)CCCCC4)cc32)n1. The minimum Gasteiger partial charge on any atom is -0.395 e. The molecule has 0 bridgehead atoms. The third kappa shape index (κ3) is 5.07. The Morgan fingerprint density at radius 3 is 2.61 bits per heavy atom. The summed E-state index contributed by atoms with van der Waals surface area (Å²) in [6.45, 7) is 3.41. The number of carbonyl (C=O) groups excluding carboxylic acids is 1. The van der Waals surface area contributed by atoms with Crippen LogP contribution < -0.4 is 5.73 Å². The summed E-state index contributed by atoms with van der Waals surface area (Å²) in [6.07, 6.45) is 7.91. The van der Waals surface area contributed by atoms with Crippen LogP contribution in [-0.2, 0) is 0 Å². The molecular weight excluding hydrogens is 456 g/mol. The van der Waals surface area contributed by atoms with Gasteiger partial charge in [-0.3, -0.25) is 9.69 Å². The zero-order chi connectivity index (χ0) is 25.1. The first-order chi connectivity index (χ1) is 17.5. The normalized spacial score (nSPS) is 18.1. The molecule has 2 aliphatic rings. The second-order valence-corrected chi connectivity index (χ2v) is 9.62. The Morgan fingerprint density at radius 2 is 1.89 bits per heavy atom. The van der Waals surface area contributed by atoms with Crippen molar-refractivity contribution in [2.24, 2.45) is 0 Å². The van der Waals surface area contributed by atoms with Gasteiger partial charge in [0.2, 0.25) is 5.95 Å². The van der Waals surface area contributed by atoms with Gasteiger partial charge in [-0.15, -0.1) is 0 Å². The number of aliphatic hydroxyl groups excluding tert-OH is 1. The van der Waals surface area contributed by atoms with Gasteiger partial charge in [0.05, 0.1) is 17.7 Å². The molecule has 1 aliphatic carbocycles. The van der Waals surface area contributed by atoms with Crippen LogP contribution in [0.3, 0.4) is 0 Å². The third-order valence-corrected chi connectivity index (χ3v) is 7.14. The Morgan fingerprint density at radius 1 is 1.11 bits per heavy atom. The number of β-amino-alcohol motifs (C(OH)–C–C–N with tert-alkyl or cyclic N) is 1. The lowest BCUT2D eigenvalue weighted by Crippen LogP contribution is -2.49. The first-order valence-electron chi connectivity index (χ1n) is 12.6. The molecule has 188 valence electrons. The van der Waals surface area contributed by atoms with Crippen LogP contribution in [0.15, 0.2) is 36.7 Å². The molecule has 1 saturated heterocycles. The summed E-state index contributed by atoms with van der Waals surface area (Å²) in [5, 5.41) is 20.8. The Bertz CT molecular complexity index is 1310. The first kappa shape index (κ1) is 24.3. The molecule has 3 aromatic rings. The van der Waals surface area contributed by atoms with E-state index in [1.54, 1.807) is 18.5 Å². The minimum absolute atomic E-state index is 0.0419. The van der Waals surface area contributed by atoms with E-state index < -0.39 is 5.60 Å². The van der Waals surface area contributed by atoms with Crippen LogP contribution >= 0.6 is 0 Å². The van der Waals surface area contributed by atoms with Crippen molar-refractivity contribution in [1.29, 1.82) is 0 Å². The Balaban J connectivity index is 1.51. The predicted octanol–water partition coefficient (Wildman–Crippen LogP) is 1.80. The number of aromatic nitrogens is 3. The standard InChI is InChI=1S/C27H32N6O3/c28-26-29-11-7-24(30-26)33-19-22(25(35)32-14-12-31(13-15-32)16-17-34)21-5-4-20(18-23(21)33)6-10-27(36)8-2-1-3-9-27/h4-5,7,11,18-19,34,36H,1-3,8-9,12-17H2,(H2,28,29,30). The lowest BCUT2D eigenvalue weighted by atomic mass is 9.85. The van der Waals surface area contributed by atoms with E-state index in [0.29, 0.717) is 43.9 Å². The van der Waals surface area contributed by atoms with E-state index >= 15 is 0 Å². The number of amides is 1. The molecule has 2 fully saturated rings. The van der Waals surface area contributed by atoms with Gasteiger partial charge in [-0.05, 0) is 43.9 Å². The fourth-order valence-electron chi connectivity index (χ4n) is 5.10. The number of piperazine rings is 1. The van der Waals surface area contributed by atoms with E-state index in [4.69, 9.17) is 5.73 Å². The average Bonchev–Trinajstić information content (AvgIpc) is 3.27. The number of nitrogens with zero attached hydrogens (tertiary/aromatic N) is 5. The van der Waals surface area contributed by atoms with Crippen LogP contribution in [0.5, 0.6) is 0 Å². The lowest BCUT2D eigenvalue weighted by Gasteiger charge is -2.34. The fraction of sp³-hybridized carbons (Fsp3) is 0.444. The van der Waals surface area contributed by atoms with Crippen LogP contribution in [0.4, 0.5) is 5.95 Å². The van der Waals surface area contributed by atoms with Gasteiger partial charge in [0.15, 0.2) is 0 Å². The minimum atomic E-state index is -0.935. The maximum Gasteiger partial charge on any atom is 0.256 e. The molecule has 0 spiro atoms. The average molecular weight is 489 g/mol. The number of rotatable bonds is 4. The van der Waals surface area contributed by atoms with Gasteiger partial charge in [-0.1, -0.05) is 24.3 Å². The quantitative estimate of drug-likeness (QED) is 0.479. The summed E-state index contributed by atoms with van der Waals surface area (Å²) >= 11 is 0. The summed E-state index contributed by atoms with van der Waals surface area (Å²) in [5.41, 5.74) is 7.06. The van der Waals surface area contributed by atoms with E-state index in [1.807, 2.05) is 27.7 Å². The smallest absolute Gasteiger partial charge is 0.256 e. The monoisotopic (exact) mass is 488 g/mol. The number of carbonyl (C=O) groups is 1. The van der Waals surface area contributed by atoms with E-state index in [2.05, 4.69) is 26.7 Å². The highest BCUT2D eigenvalue weighted by Gasteiger charge is 2.27. The Labute approximate surface area is 210 Å². The molecule has 9 heteroatoms. The molecule has 0 atom stereocenters. The number of benzene rings is 1. The number of hydrogen-bond donors (Lipinski definition) is 3. The molecule has 0 radical (unpaired) electrons. The van der Waals surface area contributed by atoms with Crippen LogP contribution in [0.2, 0.25) is 0 Å². The van der Waals surface area contributed by atoms with Crippen molar-refractivity contribution in [3.63, 3.8) is 0 Å². The van der Waals surface area contributed by atoms with Gasteiger partial charge in [0.1, 0.15) is 11.4 Å². The van der Waals surface area contributed by atoms with Crippen molar-refractivity contribution < 1.29 is 15.0 Å². The molecule has 3 heterocycles. The van der Waals surface area contributed by atoms with Crippen molar-refractivity contribution in [1.82, 2.24) is 24.3 Å². The molecule has 2 aromatic heterocycles. The summed E-state index contributed by atoms with van der Waals surface area (Å²) < 4.78 is 1.85. The zero-order valence-electron chi connectivity index (χ0n) is 20.4. The number of anilines is 1. The van der Waals surface area contributed by atoms with Crippen molar-refractivity contribution in [3.05, 3.63) is 47.8 Å². The number of fused-ring (bicyclic) bond motifs is 1. The van der Waals surface area contributed by atoms with Gasteiger partial charge in [-0.2, -0.15) is 4.98 Å². The van der Waals surface area contributed by atoms with Gasteiger partial charge >= 0.3 is 0 Å². The maximum absolute atomic E-state index is 13.6. The second-order valence-electron chi connectivity index (χ2n) is 9.62. The van der Waals surface area contributed by atoms with Crippen molar-refractivity contribution in [3.8, 4) is 17.7 Å². The number of aliphatic hydroxyl groups is 2. The van der Waals surface area contributed by atoms with Crippen molar-refractivity contribution in [2.75, 3.05) is 45.1 Å². The summed E-state index contributed by atoms with van der Waals surface area (Å²) in [7, 11) is 0. The maximum atomic E-state index is 13.6. The van der Waals surface area contributed by atoms with Crippen LogP contribution in [0.1, 0.15) is 48.0 Å². The van der Waals surface area contributed by atoms with Crippen LogP contribution in [0.25, 0.3) is 16.7 Å². The predicted molar refractivity (Wildman–Crippen MR) is 138 cm³/mol. The van der Waals surface area contributed by atoms with Crippen LogP contribution in [0, 0.1) is 11.8 Å². The fourth-order valence-corrected chi connectivity index (χ4v) is 5.10. The largest absolute Gasteiger partial charge is 0.395 e. The molecule has 4 N–H and O–H groups in total. The Kier molecular flexibility index (Phi) is 6.92. The van der Waals surface area contributed by atoms with E-state index in [9.17, 15) is 15.0 Å². The third-order valence-electron chi connectivity index (χ3n) is 7.14. The van der Waals surface area contributed by atoms with Gasteiger partial charge in [0.25, 0.3) is 5.91 Å². The van der Waals surface area contributed by atoms with E-state index in [-0.39, 0.29) is 18.5 Å². The molecule has 1 saturated carbocycles. The van der Waals surface area contributed by atoms with Crippen molar-refractivity contribution >= 4 is 22.8 Å².